The Morgan fingerprint density at radius 2 is 0.780 bits per heavy atom. The zero-order chi connectivity index (χ0) is 36.5. The van der Waals surface area contributed by atoms with E-state index in [4.69, 9.17) is 14.2 Å². The summed E-state index contributed by atoms with van der Waals surface area (Å²) >= 11 is 0. The van der Waals surface area contributed by atoms with E-state index >= 15 is 0 Å². The summed E-state index contributed by atoms with van der Waals surface area (Å²) in [6.07, 6.45) is 30.7. The Bertz CT molecular complexity index is 775. The van der Waals surface area contributed by atoms with Crippen molar-refractivity contribution in [3.8, 4) is 0 Å². The molecule has 1 aliphatic heterocycles. The molecule has 1 rings (SSSR count). The summed E-state index contributed by atoms with van der Waals surface area (Å²) in [5.74, 6) is -0.927. The highest BCUT2D eigenvalue weighted by Gasteiger charge is 2.46. The van der Waals surface area contributed by atoms with Crippen molar-refractivity contribution in [2.75, 3.05) is 6.61 Å². The van der Waals surface area contributed by atoms with Crippen LogP contribution in [0.5, 0.6) is 0 Å². The molecular formula is C42H80O8. The lowest BCUT2D eigenvalue weighted by molar-refractivity contribution is -0.291. The van der Waals surface area contributed by atoms with Crippen LogP contribution in [0.4, 0.5) is 0 Å². The quantitative estimate of drug-likeness (QED) is 0.0438. The number of carbonyl (C=O) groups is 2. The lowest BCUT2D eigenvalue weighted by Crippen LogP contribution is -2.60. The van der Waals surface area contributed by atoms with Crippen molar-refractivity contribution in [1.29, 1.82) is 0 Å². The van der Waals surface area contributed by atoms with Crippen molar-refractivity contribution in [3.05, 3.63) is 0 Å². The Balaban J connectivity index is 2.02. The van der Waals surface area contributed by atoms with Gasteiger partial charge >= 0.3 is 11.9 Å². The first-order chi connectivity index (χ1) is 24.4. The molecule has 50 heavy (non-hydrogen) atoms. The Morgan fingerprint density at radius 3 is 1.14 bits per heavy atom. The first-order valence-corrected chi connectivity index (χ1v) is 21.4. The van der Waals surface area contributed by atoms with Gasteiger partial charge < -0.3 is 29.5 Å². The van der Waals surface area contributed by atoms with Gasteiger partial charge in [-0.25, -0.2) is 0 Å². The number of hydrogen-bond acceptors (Lipinski definition) is 8. The summed E-state index contributed by atoms with van der Waals surface area (Å²) < 4.78 is 15.9. The van der Waals surface area contributed by atoms with E-state index in [1.165, 1.54) is 148 Å². The third kappa shape index (κ3) is 25.7. The highest BCUT2D eigenvalue weighted by molar-refractivity contribution is 5.69. The molecule has 1 aliphatic rings. The summed E-state index contributed by atoms with van der Waals surface area (Å²) in [4.78, 5) is 24.6. The van der Waals surface area contributed by atoms with E-state index in [2.05, 4.69) is 13.8 Å². The maximum atomic E-state index is 12.4. The summed E-state index contributed by atoms with van der Waals surface area (Å²) in [6, 6.07) is 0. The second-order valence-electron chi connectivity index (χ2n) is 15.1. The second-order valence-corrected chi connectivity index (χ2v) is 15.1. The molecule has 0 aliphatic carbocycles. The highest BCUT2D eigenvalue weighted by Crippen LogP contribution is 2.24. The average Bonchev–Trinajstić information content (AvgIpc) is 3.11. The zero-order valence-corrected chi connectivity index (χ0v) is 32.6. The van der Waals surface area contributed by atoms with Gasteiger partial charge in [-0.15, -0.1) is 0 Å². The number of aliphatic hydroxyl groups excluding tert-OH is 3. The number of aliphatic hydroxyl groups is 3. The van der Waals surface area contributed by atoms with Crippen LogP contribution in [0.25, 0.3) is 0 Å². The first kappa shape index (κ1) is 46.8. The maximum absolute atomic E-state index is 12.4. The van der Waals surface area contributed by atoms with Gasteiger partial charge in [0.15, 0.2) is 12.4 Å². The molecule has 0 aromatic carbocycles. The van der Waals surface area contributed by atoms with Crippen LogP contribution in [0.15, 0.2) is 0 Å². The molecule has 296 valence electrons. The molecular weight excluding hydrogens is 632 g/mol. The van der Waals surface area contributed by atoms with Gasteiger partial charge in [0.05, 0.1) is 0 Å². The minimum Gasteiger partial charge on any atom is -0.463 e. The van der Waals surface area contributed by atoms with Gasteiger partial charge in [-0.2, -0.15) is 0 Å². The van der Waals surface area contributed by atoms with Gasteiger partial charge in [0.1, 0.15) is 24.9 Å². The smallest absolute Gasteiger partial charge is 0.306 e. The number of carbonyl (C=O) groups excluding carboxylic acids is 2. The zero-order valence-electron chi connectivity index (χ0n) is 32.6. The Hall–Kier alpha value is -1.22. The molecule has 0 bridgehead atoms. The van der Waals surface area contributed by atoms with Crippen molar-refractivity contribution in [2.45, 2.75) is 250 Å². The molecule has 0 spiro atoms. The van der Waals surface area contributed by atoms with Crippen LogP contribution in [0.2, 0.25) is 0 Å². The van der Waals surface area contributed by atoms with E-state index in [0.29, 0.717) is 6.42 Å². The SMILES string of the molecule is CCCCCCCCCCCCCCCCCC(=O)OCC1O[C@@H](O)C(OC(=O)CCCCCCCCCCCCCCCCC)[C@@H](O)[C@@H]1O. The Morgan fingerprint density at radius 1 is 0.460 bits per heavy atom. The largest absolute Gasteiger partial charge is 0.463 e. The van der Waals surface area contributed by atoms with E-state index < -0.39 is 42.6 Å². The maximum Gasteiger partial charge on any atom is 0.306 e. The van der Waals surface area contributed by atoms with Gasteiger partial charge in [-0.1, -0.05) is 194 Å². The van der Waals surface area contributed by atoms with Crippen molar-refractivity contribution < 1.29 is 39.1 Å². The summed E-state index contributed by atoms with van der Waals surface area (Å²) in [5.41, 5.74) is 0. The van der Waals surface area contributed by atoms with Gasteiger partial charge in [0, 0.05) is 12.8 Å². The molecule has 8 nitrogen and oxygen atoms in total. The molecule has 8 heteroatoms. The van der Waals surface area contributed by atoms with E-state index in [0.717, 1.165) is 38.5 Å². The predicted molar refractivity (Wildman–Crippen MR) is 203 cm³/mol. The molecule has 0 amide bonds. The van der Waals surface area contributed by atoms with Crippen molar-refractivity contribution in [3.63, 3.8) is 0 Å². The fourth-order valence-electron chi connectivity index (χ4n) is 6.93. The first-order valence-electron chi connectivity index (χ1n) is 21.4. The van der Waals surface area contributed by atoms with Crippen molar-refractivity contribution in [1.82, 2.24) is 0 Å². The predicted octanol–water partition coefficient (Wildman–Crippen LogP) is 10.4. The van der Waals surface area contributed by atoms with Crippen LogP contribution in [-0.2, 0) is 23.8 Å². The minimum atomic E-state index is -1.61. The fourth-order valence-corrected chi connectivity index (χ4v) is 6.93. The van der Waals surface area contributed by atoms with Crippen molar-refractivity contribution in [2.24, 2.45) is 0 Å². The lowest BCUT2D eigenvalue weighted by atomic mass is 9.99. The van der Waals surface area contributed by atoms with E-state index in [9.17, 15) is 24.9 Å². The molecule has 0 aromatic rings. The summed E-state index contributed by atoms with van der Waals surface area (Å²) in [7, 11) is 0. The lowest BCUT2D eigenvalue weighted by Gasteiger charge is -2.39. The summed E-state index contributed by atoms with van der Waals surface area (Å²) in [6.45, 7) is 4.23. The number of ether oxygens (including phenoxy) is 3. The third-order valence-electron chi connectivity index (χ3n) is 10.3. The number of hydrogen-bond donors (Lipinski definition) is 3. The van der Waals surface area contributed by atoms with E-state index in [-0.39, 0.29) is 19.4 Å². The van der Waals surface area contributed by atoms with Crippen LogP contribution in [0, 0.1) is 0 Å². The second kappa shape index (κ2) is 33.6. The average molecular weight is 713 g/mol. The van der Waals surface area contributed by atoms with Crippen LogP contribution >= 0.6 is 0 Å². The van der Waals surface area contributed by atoms with Crippen LogP contribution < -0.4 is 0 Å². The molecule has 5 atom stereocenters. The molecule has 3 N–H and O–H groups in total. The molecule has 2 unspecified atom stereocenters. The number of esters is 2. The van der Waals surface area contributed by atoms with Crippen LogP contribution in [-0.4, -0.2) is 64.6 Å². The van der Waals surface area contributed by atoms with E-state index in [1.54, 1.807) is 0 Å². The molecule has 1 fully saturated rings. The standard InChI is InChI=1S/C42H80O8/c1-3-5-7-9-11-13-15-17-19-21-23-25-27-29-31-33-37(43)48-35-36-39(45)40(46)41(42(47)49-36)50-38(44)34-32-30-28-26-24-22-20-18-16-14-12-10-8-6-4-2/h36,39-42,45-47H,3-35H2,1-2H3/t36?,39-,40+,41?,42-/m1/s1. The molecule has 0 radical (unpaired) electrons. The van der Waals surface area contributed by atoms with Crippen LogP contribution in [0.3, 0.4) is 0 Å². The minimum absolute atomic E-state index is 0.185. The van der Waals surface area contributed by atoms with Gasteiger partial charge in [0.25, 0.3) is 0 Å². The molecule has 0 aromatic heterocycles. The number of unbranched alkanes of at least 4 members (excludes halogenated alkanes) is 28. The Labute approximate surface area is 307 Å². The molecule has 1 saturated heterocycles. The van der Waals surface area contributed by atoms with Gasteiger partial charge in [-0.05, 0) is 12.8 Å². The normalized spacial score (nSPS) is 20.6. The van der Waals surface area contributed by atoms with Gasteiger partial charge in [-0.3, -0.25) is 9.59 Å². The van der Waals surface area contributed by atoms with Crippen LogP contribution in [0.1, 0.15) is 219 Å². The topological polar surface area (TPSA) is 123 Å². The third-order valence-corrected chi connectivity index (χ3v) is 10.3. The monoisotopic (exact) mass is 713 g/mol. The van der Waals surface area contributed by atoms with E-state index in [1.807, 2.05) is 0 Å². The van der Waals surface area contributed by atoms with Crippen molar-refractivity contribution >= 4 is 11.9 Å². The fraction of sp³-hybridized carbons (Fsp3) is 0.952. The highest BCUT2D eigenvalue weighted by atomic mass is 16.7. The van der Waals surface area contributed by atoms with Gasteiger partial charge in [0.2, 0.25) is 0 Å². The molecule has 0 saturated carbocycles. The number of rotatable bonds is 35. The molecule has 1 heterocycles. The summed E-state index contributed by atoms with van der Waals surface area (Å²) in [5, 5.41) is 31.4. The Kier molecular flexibility index (Phi) is 31.5.